The molecule has 0 spiro atoms. The number of benzene rings is 3. The molecule has 0 unspecified atom stereocenters. The van der Waals surface area contributed by atoms with E-state index in [-0.39, 0.29) is 6.61 Å². The summed E-state index contributed by atoms with van der Waals surface area (Å²) in [5.74, 6) is 1.62. The molecule has 41 heavy (non-hydrogen) atoms. The zero-order valence-corrected chi connectivity index (χ0v) is 24.0. The van der Waals surface area contributed by atoms with Crippen molar-refractivity contribution in [1.82, 2.24) is 4.90 Å². The minimum atomic E-state index is -4.36. The average molecular weight is 574 g/mol. The van der Waals surface area contributed by atoms with Crippen molar-refractivity contribution in [2.24, 2.45) is 0 Å². The maximum atomic E-state index is 13.0. The maximum absolute atomic E-state index is 13.0. The van der Waals surface area contributed by atoms with Gasteiger partial charge < -0.3 is 18.9 Å². The Hall–Kier alpha value is -3.72. The van der Waals surface area contributed by atoms with E-state index in [4.69, 9.17) is 18.9 Å². The van der Waals surface area contributed by atoms with E-state index in [1.807, 2.05) is 48.5 Å². The highest BCUT2D eigenvalue weighted by molar-refractivity contribution is 5.79. The van der Waals surface area contributed by atoms with Crippen LogP contribution in [0.4, 0.5) is 13.2 Å². The molecule has 0 N–H and O–H groups in total. The molecule has 6 nitrogen and oxygen atoms in total. The van der Waals surface area contributed by atoms with E-state index >= 15 is 0 Å². The predicted molar refractivity (Wildman–Crippen MR) is 151 cm³/mol. The van der Waals surface area contributed by atoms with Crippen LogP contribution in [-0.4, -0.2) is 49.9 Å². The van der Waals surface area contributed by atoms with Crippen molar-refractivity contribution in [3.8, 4) is 17.2 Å². The van der Waals surface area contributed by atoms with Crippen LogP contribution in [0.5, 0.6) is 17.2 Å². The third-order valence-electron chi connectivity index (χ3n) is 6.41. The molecule has 3 aromatic carbocycles. The van der Waals surface area contributed by atoms with E-state index in [2.05, 4.69) is 4.90 Å². The average Bonchev–Trinajstić information content (AvgIpc) is 2.94. The largest absolute Gasteiger partial charge is 0.497 e. The van der Waals surface area contributed by atoms with Gasteiger partial charge in [-0.2, -0.15) is 13.2 Å². The molecule has 0 aromatic heterocycles. The highest BCUT2D eigenvalue weighted by Crippen LogP contribution is 2.29. The molecule has 0 saturated carbocycles. The minimum Gasteiger partial charge on any atom is -0.497 e. The summed E-state index contributed by atoms with van der Waals surface area (Å²) in [5, 5.41) is 0. The van der Waals surface area contributed by atoms with Crippen LogP contribution >= 0.6 is 0 Å². The molecule has 0 bridgehead atoms. The van der Waals surface area contributed by atoms with Crippen molar-refractivity contribution in [3.63, 3.8) is 0 Å². The van der Waals surface area contributed by atoms with Gasteiger partial charge in [0.25, 0.3) is 0 Å². The third-order valence-corrected chi connectivity index (χ3v) is 6.41. The van der Waals surface area contributed by atoms with Crippen LogP contribution in [0, 0.1) is 0 Å². The van der Waals surface area contributed by atoms with Crippen LogP contribution in [0.2, 0.25) is 0 Å². The zero-order chi connectivity index (χ0) is 29.9. The van der Waals surface area contributed by atoms with Crippen LogP contribution < -0.4 is 14.2 Å². The fraction of sp³-hybridized carbons (Fsp3) is 0.406. The first-order valence-corrected chi connectivity index (χ1v) is 13.6. The number of halogens is 3. The second-order valence-electron chi connectivity index (χ2n) is 10.1. The van der Waals surface area contributed by atoms with Gasteiger partial charge in [0.15, 0.2) is 5.60 Å². The lowest BCUT2D eigenvalue weighted by Gasteiger charge is -2.24. The molecule has 0 aliphatic heterocycles. The van der Waals surface area contributed by atoms with Gasteiger partial charge in [-0.1, -0.05) is 24.3 Å². The van der Waals surface area contributed by atoms with E-state index in [0.717, 1.165) is 47.6 Å². The Morgan fingerprint density at radius 3 is 1.98 bits per heavy atom. The topological polar surface area (TPSA) is 57.2 Å². The van der Waals surface area contributed by atoms with Crippen LogP contribution in [0.3, 0.4) is 0 Å². The Morgan fingerprint density at radius 2 is 1.39 bits per heavy atom. The van der Waals surface area contributed by atoms with Gasteiger partial charge in [-0.05, 0) is 93.3 Å². The van der Waals surface area contributed by atoms with Gasteiger partial charge in [0.1, 0.15) is 17.2 Å². The number of hydrogen-bond donors (Lipinski definition) is 0. The number of nitrogens with zero attached hydrogens (tertiary/aromatic N) is 1. The molecule has 0 amide bonds. The number of ether oxygens (including phenoxy) is 4. The normalized spacial score (nSPS) is 11.8. The summed E-state index contributed by atoms with van der Waals surface area (Å²) in [4.78, 5) is 14.3. The van der Waals surface area contributed by atoms with Gasteiger partial charge in [-0.25, -0.2) is 4.79 Å². The van der Waals surface area contributed by atoms with E-state index in [1.165, 1.54) is 12.1 Å². The molecule has 0 heterocycles. The van der Waals surface area contributed by atoms with Gasteiger partial charge >= 0.3 is 12.1 Å². The van der Waals surface area contributed by atoms with E-state index in [9.17, 15) is 18.0 Å². The summed E-state index contributed by atoms with van der Waals surface area (Å²) in [5.41, 5.74) is 0.107. The Kier molecular flexibility index (Phi) is 11.5. The molecule has 0 aliphatic rings. The molecule has 0 radical (unpaired) electrons. The lowest BCUT2D eigenvalue weighted by Crippen LogP contribution is -2.39. The number of methoxy groups -OCH3 is 1. The maximum Gasteiger partial charge on any atom is 0.416 e. The van der Waals surface area contributed by atoms with Gasteiger partial charge in [-0.15, -0.1) is 0 Å². The monoisotopic (exact) mass is 573 g/mol. The van der Waals surface area contributed by atoms with Crippen molar-refractivity contribution in [3.05, 3.63) is 89.5 Å². The second-order valence-corrected chi connectivity index (χ2v) is 10.1. The van der Waals surface area contributed by atoms with E-state index in [0.29, 0.717) is 32.0 Å². The number of alkyl halides is 3. The van der Waals surface area contributed by atoms with Crippen molar-refractivity contribution >= 4 is 5.97 Å². The minimum absolute atomic E-state index is 0.279. The summed E-state index contributed by atoms with van der Waals surface area (Å²) in [6.45, 7) is 7.75. The first kappa shape index (κ1) is 31.8. The first-order chi connectivity index (χ1) is 19.5. The van der Waals surface area contributed by atoms with Crippen LogP contribution in [0.25, 0.3) is 0 Å². The van der Waals surface area contributed by atoms with Crippen molar-refractivity contribution in [2.75, 3.05) is 33.4 Å². The summed E-state index contributed by atoms with van der Waals surface area (Å²) in [6.07, 6.45) is -2.90. The number of hydrogen-bond acceptors (Lipinski definition) is 6. The quantitative estimate of drug-likeness (QED) is 0.145. The second kappa shape index (κ2) is 14.8. The SMILES string of the molecule is CCOC(=O)C(C)(C)Oc1ccc(CCN(CCCOc2ccc(OC)cc2)Cc2ccc(C(F)(F)F)cc2)cc1. The van der Waals surface area contributed by atoms with Gasteiger partial charge in [-0.3, -0.25) is 4.90 Å². The van der Waals surface area contributed by atoms with Gasteiger partial charge in [0, 0.05) is 19.6 Å². The lowest BCUT2D eigenvalue weighted by molar-refractivity contribution is -0.158. The highest BCUT2D eigenvalue weighted by Gasteiger charge is 2.31. The summed E-state index contributed by atoms with van der Waals surface area (Å²) >= 11 is 0. The third kappa shape index (κ3) is 10.3. The lowest BCUT2D eigenvalue weighted by atomic mass is 10.1. The smallest absolute Gasteiger partial charge is 0.416 e. The van der Waals surface area contributed by atoms with Crippen LogP contribution in [-0.2, 0) is 28.7 Å². The fourth-order valence-corrected chi connectivity index (χ4v) is 4.13. The Morgan fingerprint density at radius 1 is 0.805 bits per heavy atom. The van der Waals surface area contributed by atoms with Crippen molar-refractivity contribution in [2.45, 2.75) is 51.9 Å². The van der Waals surface area contributed by atoms with Gasteiger partial charge in [0.2, 0.25) is 0 Å². The number of carbonyl (C=O) groups excluding carboxylic acids is 1. The molecule has 3 aromatic rings. The highest BCUT2D eigenvalue weighted by atomic mass is 19.4. The van der Waals surface area contributed by atoms with Crippen molar-refractivity contribution in [1.29, 1.82) is 0 Å². The summed E-state index contributed by atoms with van der Waals surface area (Å²) < 4.78 is 61.0. The molecule has 0 fully saturated rings. The fourth-order valence-electron chi connectivity index (χ4n) is 4.13. The molecule has 9 heteroatoms. The Labute approximate surface area is 240 Å². The van der Waals surface area contributed by atoms with E-state index in [1.54, 1.807) is 27.9 Å². The summed E-state index contributed by atoms with van der Waals surface area (Å²) in [7, 11) is 1.61. The molecule has 3 rings (SSSR count). The van der Waals surface area contributed by atoms with Crippen molar-refractivity contribution < 1.29 is 36.9 Å². The van der Waals surface area contributed by atoms with E-state index < -0.39 is 23.3 Å². The molecule has 222 valence electrons. The predicted octanol–water partition coefficient (Wildman–Crippen LogP) is 6.95. The number of esters is 1. The first-order valence-electron chi connectivity index (χ1n) is 13.6. The molecule has 0 aliphatic carbocycles. The zero-order valence-electron chi connectivity index (χ0n) is 24.0. The molecule has 0 saturated heterocycles. The molecular formula is C32H38F3NO5. The Bertz CT molecular complexity index is 1210. The molecule has 0 atom stereocenters. The van der Waals surface area contributed by atoms with Gasteiger partial charge in [0.05, 0.1) is 25.9 Å². The standard InChI is InChI=1S/C32H38F3NO5/c1-5-39-30(37)31(2,3)41-29-13-9-24(10-14-29)19-21-36(23-25-7-11-26(12-8-25)32(33,34)35)20-6-22-40-28-17-15-27(38-4)16-18-28/h7-18H,5-6,19-23H2,1-4H3. The van der Waals surface area contributed by atoms with Crippen LogP contribution in [0.1, 0.15) is 43.9 Å². The van der Waals surface area contributed by atoms with Crippen LogP contribution in [0.15, 0.2) is 72.8 Å². The number of rotatable bonds is 15. The number of carbonyl (C=O) groups is 1. The molecular weight excluding hydrogens is 535 g/mol. The Balaban J connectivity index is 1.59. The summed E-state index contributed by atoms with van der Waals surface area (Å²) in [6, 6.07) is 20.2.